The van der Waals surface area contributed by atoms with E-state index in [-0.39, 0.29) is 12.4 Å². The number of hydrogen-bond acceptors (Lipinski definition) is 4. The normalized spacial score (nSPS) is 18.6. The molecule has 0 aromatic heterocycles. The maximum Gasteiger partial charge on any atom is 0.161 e. The van der Waals surface area contributed by atoms with Gasteiger partial charge in [0.15, 0.2) is 11.5 Å². The van der Waals surface area contributed by atoms with Gasteiger partial charge < -0.3 is 14.8 Å². The monoisotopic (exact) mass is 328 g/mol. The van der Waals surface area contributed by atoms with Crippen LogP contribution in [-0.2, 0) is 6.54 Å². The predicted molar refractivity (Wildman–Crippen MR) is 93.4 cm³/mol. The predicted octanol–water partition coefficient (Wildman–Crippen LogP) is 3.09. The Labute approximate surface area is 140 Å². The van der Waals surface area contributed by atoms with E-state index in [2.05, 4.69) is 36.3 Å². The van der Waals surface area contributed by atoms with Gasteiger partial charge in [-0.15, -0.1) is 12.4 Å². The van der Waals surface area contributed by atoms with Crippen LogP contribution in [0.5, 0.6) is 11.5 Å². The highest BCUT2D eigenvalue weighted by molar-refractivity contribution is 5.85. The fourth-order valence-corrected chi connectivity index (χ4v) is 2.83. The minimum absolute atomic E-state index is 0. The summed E-state index contributed by atoms with van der Waals surface area (Å²) in [5, 5.41) is 3.39. The fourth-order valence-electron chi connectivity index (χ4n) is 2.83. The van der Waals surface area contributed by atoms with Crippen molar-refractivity contribution in [2.75, 3.05) is 33.9 Å². The first kappa shape index (κ1) is 19.1. The molecule has 0 saturated carbocycles. The van der Waals surface area contributed by atoms with Crippen LogP contribution >= 0.6 is 12.4 Å². The summed E-state index contributed by atoms with van der Waals surface area (Å²) in [6.07, 6.45) is 3.55. The van der Waals surface area contributed by atoms with Crippen LogP contribution in [0.25, 0.3) is 0 Å². The molecule has 5 heteroatoms. The lowest BCUT2D eigenvalue weighted by Crippen LogP contribution is -2.43. The van der Waals surface area contributed by atoms with Gasteiger partial charge in [0, 0.05) is 19.1 Å². The Hall–Kier alpha value is -0.970. The molecule has 0 aliphatic carbocycles. The highest BCUT2D eigenvalue weighted by Gasteiger charge is 2.18. The number of hydrogen-bond donors (Lipinski definition) is 1. The number of likely N-dealkylation sites (N-methyl/N-ethyl adjacent to an activating group) is 1. The van der Waals surface area contributed by atoms with Crippen molar-refractivity contribution in [2.45, 2.75) is 38.8 Å². The summed E-state index contributed by atoms with van der Waals surface area (Å²) in [6, 6.07) is 6.90. The van der Waals surface area contributed by atoms with E-state index in [1.54, 1.807) is 7.11 Å². The smallest absolute Gasteiger partial charge is 0.161 e. The van der Waals surface area contributed by atoms with Crippen LogP contribution in [0.3, 0.4) is 0 Å². The third kappa shape index (κ3) is 5.34. The zero-order valence-corrected chi connectivity index (χ0v) is 14.7. The molecule has 1 aromatic carbocycles. The molecule has 1 heterocycles. The molecular weight excluding hydrogens is 300 g/mol. The van der Waals surface area contributed by atoms with Gasteiger partial charge in [0.05, 0.1) is 13.7 Å². The highest BCUT2D eigenvalue weighted by Crippen LogP contribution is 2.29. The molecule has 126 valence electrons. The largest absolute Gasteiger partial charge is 0.493 e. The second kappa shape index (κ2) is 9.93. The number of likely N-dealkylation sites (tertiary alicyclic amines) is 1. The van der Waals surface area contributed by atoms with Crippen LogP contribution < -0.4 is 14.8 Å². The third-order valence-corrected chi connectivity index (χ3v) is 4.01. The molecule has 4 nitrogen and oxygen atoms in total. The van der Waals surface area contributed by atoms with Crippen molar-refractivity contribution in [1.29, 1.82) is 0 Å². The standard InChI is InChI=1S/C17H28N2O2.ClH/c1-4-10-21-16-8-7-14(11-17(16)20-3)12-19-9-5-6-15(13-19)18-2;/h7-8,11,15,18H,4-6,9-10,12-13H2,1-3H3;1H. The average Bonchev–Trinajstić information content (AvgIpc) is 2.53. The number of rotatable bonds is 7. The number of piperidine rings is 1. The summed E-state index contributed by atoms with van der Waals surface area (Å²) < 4.78 is 11.2. The second-order valence-corrected chi connectivity index (χ2v) is 5.70. The van der Waals surface area contributed by atoms with Crippen LogP contribution in [0.2, 0.25) is 0 Å². The average molecular weight is 329 g/mol. The first-order valence-electron chi connectivity index (χ1n) is 7.96. The van der Waals surface area contributed by atoms with E-state index in [9.17, 15) is 0 Å². The molecule has 1 aliphatic rings. The second-order valence-electron chi connectivity index (χ2n) is 5.70. The van der Waals surface area contributed by atoms with E-state index in [0.29, 0.717) is 6.04 Å². The summed E-state index contributed by atoms with van der Waals surface area (Å²) in [5.41, 5.74) is 1.28. The van der Waals surface area contributed by atoms with Gasteiger partial charge >= 0.3 is 0 Å². The summed E-state index contributed by atoms with van der Waals surface area (Å²) in [6.45, 7) is 6.10. The molecule has 0 bridgehead atoms. The van der Waals surface area contributed by atoms with Crippen LogP contribution in [0.1, 0.15) is 31.7 Å². The van der Waals surface area contributed by atoms with Crippen molar-refractivity contribution in [1.82, 2.24) is 10.2 Å². The lowest BCUT2D eigenvalue weighted by atomic mass is 10.0. The quantitative estimate of drug-likeness (QED) is 0.834. The minimum atomic E-state index is 0. The first-order chi connectivity index (χ1) is 10.3. The molecule has 1 unspecified atom stereocenters. The number of nitrogens with one attached hydrogen (secondary N) is 1. The van der Waals surface area contributed by atoms with Gasteiger partial charge in [-0.05, 0) is 50.6 Å². The van der Waals surface area contributed by atoms with Crippen molar-refractivity contribution >= 4 is 12.4 Å². The molecule has 0 radical (unpaired) electrons. The lowest BCUT2D eigenvalue weighted by molar-refractivity contribution is 0.187. The molecular formula is C17H29ClN2O2. The Balaban J connectivity index is 0.00000242. The molecule has 1 N–H and O–H groups in total. The third-order valence-electron chi connectivity index (χ3n) is 4.01. The van der Waals surface area contributed by atoms with Gasteiger partial charge in [0.2, 0.25) is 0 Å². The van der Waals surface area contributed by atoms with Gasteiger partial charge in [0.25, 0.3) is 0 Å². The number of ether oxygens (including phenoxy) is 2. The van der Waals surface area contributed by atoms with E-state index in [4.69, 9.17) is 9.47 Å². The number of methoxy groups -OCH3 is 1. The van der Waals surface area contributed by atoms with Gasteiger partial charge in [-0.1, -0.05) is 13.0 Å². The van der Waals surface area contributed by atoms with E-state index >= 15 is 0 Å². The molecule has 2 rings (SSSR count). The molecule has 1 saturated heterocycles. The number of nitrogens with zero attached hydrogens (tertiary/aromatic N) is 1. The molecule has 1 atom stereocenters. The summed E-state index contributed by atoms with van der Waals surface area (Å²) >= 11 is 0. The minimum Gasteiger partial charge on any atom is -0.493 e. The van der Waals surface area contributed by atoms with Gasteiger partial charge in [-0.3, -0.25) is 4.90 Å². The summed E-state index contributed by atoms with van der Waals surface area (Å²) in [7, 11) is 3.76. The molecule has 22 heavy (non-hydrogen) atoms. The zero-order valence-electron chi connectivity index (χ0n) is 13.9. The first-order valence-corrected chi connectivity index (χ1v) is 7.96. The fraction of sp³-hybridized carbons (Fsp3) is 0.647. The van der Waals surface area contributed by atoms with Crippen molar-refractivity contribution in [2.24, 2.45) is 0 Å². The SMILES string of the molecule is CCCOc1ccc(CN2CCCC(NC)C2)cc1OC.Cl. The van der Waals surface area contributed by atoms with E-state index in [0.717, 1.165) is 37.6 Å². The van der Waals surface area contributed by atoms with Crippen LogP contribution in [0.15, 0.2) is 18.2 Å². The maximum absolute atomic E-state index is 5.71. The Morgan fingerprint density at radius 1 is 1.32 bits per heavy atom. The maximum atomic E-state index is 5.71. The Morgan fingerprint density at radius 3 is 2.82 bits per heavy atom. The summed E-state index contributed by atoms with van der Waals surface area (Å²) in [5.74, 6) is 1.68. The Kier molecular flexibility index (Phi) is 8.61. The van der Waals surface area contributed by atoms with E-state index < -0.39 is 0 Å². The number of benzene rings is 1. The topological polar surface area (TPSA) is 33.7 Å². The molecule has 0 spiro atoms. The van der Waals surface area contributed by atoms with Gasteiger partial charge in [0.1, 0.15) is 0 Å². The van der Waals surface area contributed by atoms with E-state index in [1.807, 2.05) is 6.07 Å². The summed E-state index contributed by atoms with van der Waals surface area (Å²) in [4.78, 5) is 2.51. The van der Waals surface area contributed by atoms with Gasteiger partial charge in [-0.25, -0.2) is 0 Å². The Morgan fingerprint density at radius 2 is 2.14 bits per heavy atom. The van der Waals surface area contributed by atoms with Gasteiger partial charge in [-0.2, -0.15) is 0 Å². The van der Waals surface area contributed by atoms with Crippen LogP contribution in [0, 0.1) is 0 Å². The molecule has 1 aromatic rings. The van der Waals surface area contributed by atoms with Crippen molar-refractivity contribution < 1.29 is 9.47 Å². The molecule has 0 amide bonds. The zero-order chi connectivity index (χ0) is 15.1. The molecule has 1 fully saturated rings. The van der Waals surface area contributed by atoms with Crippen molar-refractivity contribution in [3.8, 4) is 11.5 Å². The van der Waals surface area contributed by atoms with Crippen LogP contribution in [-0.4, -0.2) is 44.8 Å². The Bertz CT molecular complexity index is 443. The van der Waals surface area contributed by atoms with Crippen molar-refractivity contribution in [3.63, 3.8) is 0 Å². The van der Waals surface area contributed by atoms with E-state index in [1.165, 1.54) is 24.9 Å². The number of halogens is 1. The lowest BCUT2D eigenvalue weighted by Gasteiger charge is -2.32. The van der Waals surface area contributed by atoms with Crippen molar-refractivity contribution in [3.05, 3.63) is 23.8 Å². The van der Waals surface area contributed by atoms with Crippen LogP contribution in [0.4, 0.5) is 0 Å². The highest BCUT2D eigenvalue weighted by atomic mass is 35.5. The molecule has 1 aliphatic heterocycles.